The highest BCUT2D eigenvalue weighted by Crippen LogP contribution is 2.24. The quantitative estimate of drug-likeness (QED) is 0.538. The Hall–Kier alpha value is -2.13. The third-order valence-electron chi connectivity index (χ3n) is 5.36. The second-order valence-electron chi connectivity index (χ2n) is 8.03. The Morgan fingerprint density at radius 1 is 1.17 bits per heavy atom. The highest BCUT2D eigenvalue weighted by atomic mass is 16.1. The van der Waals surface area contributed by atoms with E-state index in [0.29, 0.717) is 37.4 Å². The Kier molecular flexibility index (Phi) is 9.40. The fourth-order valence-corrected chi connectivity index (χ4v) is 3.74. The number of anilines is 1. The molecule has 160 valence electrons. The van der Waals surface area contributed by atoms with E-state index in [9.17, 15) is 4.79 Å². The fourth-order valence-electron chi connectivity index (χ4n) is 3.74. The molecule has 0 bridgehead atoms. The lowest BCUT2D eigenvalue weighted by atomic mass is 10.0. The van der Waals surface area contributed by atoms with Gasteiger partial charge in [-0.05, 0) is 24.9 Å². The SMILES string of the molecule is CCC1CN(CC)CC(CC)N1c1ncc(CC(=O)NCCC#CC(C)C)cn1. The third kappa shape index (κ3) is 7.01. The topological polar surface area (TPSA) is 61.4 Å². The van der Waals surface area contributed by atoms with Crippen LogP contribution < -0.4 is 10.2 Å². The van der Waals surface area contributed by atoms with E-state index in [1.165, 1.54) is 0 Å². The Morgan fingerprint density at radius 2 is 1.79 bits per heavy atom. The van der Waals surface area contributed by atoms with Crippen LogP contribution in [-0.4, -0.2) is 59.0 Å². The van der Waals surface area contributed by atoms with Gasteiger partial charge in [-0.1, -0.05) is 34.6 Å². The molecule has 2 unspecified atom stereocenters. The summed E-state index contributed by atoms with van der Waals surface area (Å²) in [6.07, 6.45) is 6.72. The van der Waals surface area contributed by atoms with Gasteiger partial charge in [-0.25, -0.2) is 9.97 Å². The van der Waals surface area contributed by atoms with Crippen LogP contribution in [0.25, 0.3) is 0 Å². The average molecular weight is 400 g/mol. The Balaban J connectivity index is 1.94. The number of amides is 1. The molecular weight excluding hydrogens is 362 g/mol. The highest BCUT2D eigenvalue weighted by Gasteiger charge is 2.33. The van der Waals surface area contributed by atoms with Crippen LogP contribution in [0.1, 0.15) is 59.4 Å². The molecule has 1 amide bonds. The Morgan fingerprint density at radius 3 is 2.31 bits per heavy atom. The van der Waals surface area contributed by atoms with Crippen molar-refractivity contribution in [3.8, 4) is 11.8 Å². The van der Waals surface area contributed by atoms with E-state index in [1.54, 1.807) is 12.4 Å². The summed E-state index contributed by atoms with van der Waals surface area (Å²) < 4.78 is 0. The van der Waals surface area contributed by atoms with E-state index in [1.807, 2.05) is 0 Å². The van der Waals surface area contributed by atoms with Crippen molar-refractivity contribution in [2.75, 3.05) is 31.1 Å². The van der Waals surface area contributed by atoms with Crippen molar-refractivity contribution in [2.45, 2.75) is 72.4 Å². The number of nitrogens with zero attached hydrogens (tertiary/aromatic N) is 4. The van der Waals surface area contributed by atoms with Gasteiger partial charge in [0.15, 0.2) is 0 Å². The van der Waals surface area contributed by atoms with E-state index in [2.05, 4.69) is 71.5 Å². The van der Waals surface area contributed by atoms with E-state index < -0.39 is 0 Å². The number of hydrogen-bond donors (Lipinski definition) is 1. The van der Waals surface area contributed by atoms with Gasteiger partial charge in [0, 0.05) is 56.5 Å². The van der Waals surface area contributed by atoms with Crippen molar-refractivity contribution in [3.63, 3.8) is 0 Å². The predicted octanol–water partition coefficient (Wildman–Crippen LogP) is 2.88. The monoisotopic (exact) mass is 399 g/mol. The molecule has 0 aromatic carbocycles. The number of nitrogens with one attached hydrogen (secondary N) is 1. The molecule has 1 aromatic rings. The number of carbonyl (C=O) groups excluding carboxylic acids is 1. The minimum absolute atomic E-state index is 0.0119. The third-order valence-corrected chi connectivity index (χ3v) is 5.36. The molecule has 1 fully saturated rings. The molecule has 6 heteroatoms. The maximum Gasteiger partial charge on any atom is 0.225 e. The molecule has 1 aliphatic rings. The molecule has 0 spiro atoms. The molecule has 0 saturated carbocycles. The standard InChI is InChI=1S/C23H37N5O/c1-6-20-16-27(8-3)17-21(7-2)28(20)23-25-14-19(15-26-23)13-22(29)24-12-10-9-11-18(4)5/h14-15,18,20-21H,6-8,10,12-13,16-17H2,1-5H3,(H,24,29). The number of aromatic nitrogens is 2. The molecule has 2 rings (SSSR count). The maximum absolute atomic E-state index is 12.1. The summed E-state index contributed by atoms with van der Waals surface area (Å²) in [5.41, 5.74) is 0.841. The van der Waals surface area contributed by atoms with Crippen molar-refractivity contribution >= 4 is 11.9 Å². The van der Waals surface area contributed by atoms with Gasteiger partial charge in [-0.3, -0.25) is 9.69 Å². The molecule has 1 aliphatic heterocycles. The lowest BCUT2D eigenvalue weighted by Gasteiger charge is -2.46. The van der Waals surface area contributed by atoms with Crippen molar-refractivity contribution in [1.29, 1.82) is 0 Å². The van der Waals surface area contributed by atoms with Gasteiger partial charge in [0.2, 0.25) is 11.9 Å². The number of carbonyl (C=O) groups is 1. The minimum Gasteiger partial charge on any atom is -0.355 e. The van der Waals surface area contributed by atoms with Crippen molar-refractivity contribution in [3.05, 3.63) is 18.0 Å². The second-order valence-corrected chi connectivity index (χ2v) is 8.03. The largest absolute Gasteiger partial charge is 0.355 e. The van der Waals surface area contributed by atoms with E-state index >= 15 is 0 Å². The average Bonchev–Trinajstić information content (AvgIpc) is 2.72. The zero-order valence-electron chi connectivity index (χ0n) is 18.7. The van der Waals surface area contributed by atoms with Crippen molar-refractivity contribution in [2.24, 2.45) is 5.92 Å². The number of rotatable bonds is 8. The molecule has 2 atom stereocenters. The molecule has 0 aliphatic carbocycles. The van der Waals surface area contributed by atoms with Crippen LogP contribution in [0.2, 0.25) is 0 Å². The van der Waals surface area contributed by atoms with Crippen LogP contribution in [0, 0.1) is 17.8 Å². The van der Waals surface area contributed by atoms with Gasteiger partial charge >= 0.3 is 0 Å². The summed E-state index contributed by atoms with van der Waals surface area (Å²) in [6.45, 7) is 14.6. The van der Waals surface area contributed by atoms with Crippen LogP contribution in [0.3, 0.4) is 0 Å². The Labute approximate surface area is 176 Å². The molecule has 1 saturated heterocycles. The molecule has 6 nitrogen and oxygen atoms in total. The van der Waals surface area contributed by atoms with Gasteiger partial charge in [-0.15, -0.1) is 11.8 Å². The van der Waals surface area contributed by atoms with Gasteiger partial charge in [-0.2, -0.15) is 0 Å². The molecule has 29 heavy (non-hydrogen) atoms. The first-order chi connectivity index (χ1) is 14.0. The first-order valence-corrected chi connectivity index (χ1v) is 11.0. The lowest BCUT2D eigenvalue weighted by Crippen LogP contribution is -2.59. The molecule has 1 N–H and O–H groups in total. The van der Waals surface area contributed by atoms with Gasteiger partial charge in [0.1, 0.15) is 0 Å². The maximum atomic E-state index is 12.1. The highest BCUT2D eigenvalue weighted by molar-refractivity contribution is 5.78. The number of hydrogen-bond acceptors (Lipinski definition) is 5. The normalized spacial score (nSPS) is 19.7. The first-order valence-electron chi connectivity index (χ1n) is 11.0. The number of piperazine rings is 1. The van der Waals surface area contributed by atoms with E-state index in [-0.39, 0.29) is 5.91 Å². The van der Waals surface area contributed by atoms with Crippen LogP contribution in [-0.2, 0) is 11.2 Å². The lowest BCUT2D eigenvalue weighted by molar-refractivity contribution is -0.120. The minimum atomic E-state index is -0.0119. The van der Waals surface area contributed by atoms with Crippen molar-refractivity contribution in [1.82, 2.24) is 20.2 Å². The summed E-state index contributed by atoms with van der Waals surface area (Å²) in [4.78, 5) is 26.3. The van der Waals surface area contributed by atoms with Crippen LogP contribution in [0.4, 0.5) is 5.95 Å². The number of likely N-dealkylation sites (N-methyl/N-ethyl adjacent to an activating group) is 1. The fraction of sp³-hybridized carbons (Fsp3) is 0.696. The van der Waals surface area contributed by atoms with Gasteiger partial charge in [0.05, 0.1) is 6.42 Å². The summed E-state index contributed by atoms with van der Waals surface area (Å²) in [6, 6.07) is 0.851. The van der Waals surface area contributed by atoms with Crippen LogP contribution in [0.5, 0.6) is 0 Å². The summed E-state index contributed by atoms with van der Waals surface area (Å²) in [5.74, 6) is 7.32. The van der Waals surface area contributed by atoms with Gasteiger partial charge in [0.25, 0.3) is 0 Å². The summed E-state index contributed by atoms with van der Waals surface area (Å²) in [7, 11) is 0. The second kappa shape index (κ2) is 11.8. The summed E-state index contributed by atoms with van der Waals surface area (Å²) in [5, 5.41) is 2.91. The van der Waals surface area contributed by atoms with Crippen LogP contribution in [0.15, 0.2) is 12.4 Å². The molecule has 0 radical (unpaired) electrons. The Bertz CT molecular complexity index is 677. The van der Waals surface area contributed by atoms with Gasteiger partial charge < -0.3 is 10.2 Å². The summed E-state index contributed by atoms with van der Waals surface area (Å²) >= 11 is 0. The predicted molar refractivity (Wildman–Crippen MR) is 119 cm³/mol. The molecular formula is C23H37N5O. The zero-order chi connectivity index (χ0) is 21.2. The van der Waals surface area contributed by atoms with Crippen LogP contribution >= 0.6 is 0 Å². The smallest absolute Gasteiger partial charge is 0.225 e. The van der Waals surface area contributed by atoms with E-state index in [4.69, 9.17) is 0 Å². The molecule has 2 heterocycles. The first kappa shape index (κ1) is 23.2. The zero-order valence-corrected chi connectivity index (χ0v) is 18.7. The molecule has 1 aromatic heterocycles. The van der Waals surface area contributed by atoms with Crippen molar-refractivity contribution < 1.29 is 4.79 Å². The van der Waals surface area contributed by atoms with E-state index in [0.717, 1.165) is 44.0 Å².